The van der Waals surface area contributed by atoms with Crippen LogP contribution in [0.5, 0.6) is 0 Å². The third-order valence-electron chi connectivity index (χ3n) is 3.79. The van der Waals surface area contributed by atoms with E-state index >= 15 is 0 Å². The monoisotopic (exact) mass is 344 g/mol. The number of benzene rings is 1. The van der Waals surface area contributed by atoms with E-state index in [2.05, 4.69) is 26.1 Å². The van der Waals surface area contributed by atoms with E-state index in [-0.39, 0.29) is 12.4 Å². The SMILES string of the molecule is OCCN(Cc1cc(Br)ccc1F)CC1CCNCC1. The summed E-state index contributed by atoms with van der Waals surface area (Å²) >= 11 is 3.38. The fraction of sp³-hybridized carbons (Fsp3) is 0.600. The molecule has 3 nitrogen and oxygen atoms in total. The minimum Gasteiger partial charge on any atom is -0.395 e. The fourth-order valence-corrected chi connectivity index (χ4v) is 3.12. The van der Waals surface area contributed by atoms with Crippen molar-refractivity contribution in [2.24, 2.45) is 5.92 Å². The lowest BCUT2D eigenvalue weighted by atomic mass is 9.97. The lowest BCUT2D eigenvalue weighted by molar-refractivity contribution is 0.156. The third-order valence-corrected chi connectivity index (χ3v) is 4.29. The Kier molecular flexibility index (Phi) is 6.42. The second-order valence-electron chi connectivity index (χ2n) is 5.39. The van der Waals surface area contributed by atoms with Crippen molar-refractivity contribution in [3.63, 3.8) is 0 Å². The van der Waals surface area contributed by atoms with Crippen molar-refractivity contribution in [3.05, 3.63) is 34.1 Å². The molecule has 1 heterocycles. The lowest BCUT2D eigenvalue weighted by Crippen LogP contribution is -2.37. The molecule has 0 amide bonds. The van der Waals surface area contributed by atoms with Crippen LogP contribution in [0.15, 0.2) is 22.7 Å². The molecule has 0 aromatic heterocycles. The molecule has 1 aromatic rings. The zero-order valence-electron chi connectivity index (χ0n) is 11.6. The van der Waals surface area contributed by atoms with Gasteiger partial charge < -0.3 is 10.4 Å². The molecule has 1 fully saturated rings. The Morgan fingerprint density at radius 2 is 2.10 bits per heavy atom. The molecule has 2 rings (SSSR count). The van der Waals surface area contributed by atoms with E-state index in [1.165, 1.54) is 6.07 Å². The van der Waals surface area contributed by atoms with Crippen LogP contribution in [-0.4, -0.2) is 42.8 Å². The molecule has 1 aliphatic rings. The van der Waals surface area contributed by atoms with Crippen molar-refractivity contribution >= 4 is 15.9 Å². The van der Waals surface area contributed by atoms with E-state index in [1.807, 2.05) is 6.07 Å². The molecule has 5 heteroatoms. The summed E-state index contributed by atoms with van der Waals surface area (Å²) in [7, 11) is 0. The Morgan fingerprint density at radius 3 is 2.80 bits per heavy atom. The smallest absolute Gasteiger partial charge is 0.127 e. The van der Waals surface area contributed by atoms with Gasteiger partial charge in [0.2, 0.25) is 0 Å². The zero-order chi connectivity index (χ0) is 14.4. The van der Waals surface area contributed by atoms with Crippen molar-refractivity contribution < 1.29 is 9.50 Å². The van der Waals surface area contributed by atoms with Gasteiger partial charge in [-0.2, -0.15) is 0 Å². The minimum atomic E-state index is -0.179. The van der Waals surface area contributed by atoms with Crippen LogP contribution in [0.4, 0.5) is 4.39 Å². The number of aliphatic hydroxyl groups is 1. The van der Waals surface area contributed by atoms with Crippen LogP contribution >= 0.6 is 15.9 Å². The normalized spacial score (nSPS) is 16.8. The van der Waals surface area contributed by atoms with E-state index in [4.69, 9.17) is 0 Å². The molecule has 0 unspecified atom stereocenters. The van der Waals surface area contributed by atoms with Crippen LogP contribution < -0.4 is 5.32 Å². The van der Waals surface area contributed by atoms with Crippen molar-refractivity contribution in [1.29, 1.82) is 0 Å². The molecule has 20 heavy (non-hydrogen) atoms. The molecule has 2 N–H and O–H groups in total. The standard InChI is InChI=1S/C15H22BrFN2O/c16-14-1-2-15(17)13(9-14)11-19(7-8-20)10-12-3-5-18-6-4-12/h1-2,9,12,18,20H,3-8,10-11H2. The first kappa shape index (κ1) is 15.9. The van der Waals surface area contributed by atoms with Gasteiger partial charge in [0, 0.05) is 29.7 Å². The molecule has 1 saturated heterocycles. The highest BCUT2D eigenvalue weighted by atomic mass is 79.9. The van der Waals surface area contributed by atoms with Crippen molar-refractivity contribution in [1.82, 2.24) is 10.2 Å². The first-order valence-corrected chi connectivity index (χ1v) is 7.96. The van der Waals surface area contributed by atoms with Crippen LogP contribution in [0.3, 0.4) is 0 Å². The van der Waals surface area contributed by atoms with E-state index in [0.717, 1.165) is 36.9 Å². The quantitative estimate of drug-likeness (QED) is 0.831. The van der Waals surface area contributed by atoms with Crippen molar-refractivity contribution in [2.75, 3.05) is 32.8 Å². The highest BCUT2D eigenvalue weighted by molar-refractivity contribution is 9.10. The van der Waals surface area contributed by atoms with E-state index in [1.54, 1.807) is 6.07 Å². The van der Waals surface area contributed by atoms with Crippen LogP contribution in [-0.2, 0) is 6.54 Å². The van der Waals surface area contributed by atoms with Crippen LogP contribution in [0.2, 0.25) is 0 Å². The molecule has 1 aliphatic heterocycles. The van der Waals surface area contributed by atoms with Crippen LogP contribution in [0, 0.1) is 11.7 Å². The number of piperidine rings is 1. The largest absolute Gasteiger partial charge is 0.395 e. The van der Waals surface area contributed by atoms with E-state index in [0.29, 0.717) is 24.6 Å². The van der Waals surface area contributed by atoms with Gasteiger partial charge in [-0.15, -0.1) is 0 Å². The molecule has 0 radical (unpaired) electrons. The summed E-state index contributed by atoms with van der Waals surface area (Å²) in [5.74, 6) is 0.458. The van der Waals surface area contributed by atoms with Crippen molar-refractivity contribution in [3.8, 4) is 0 Å². The molecule has 112 valence electrons. The van der Waals surface area contributed by atoms with E-state index < -0.39 is 0 Å². The maximum Gasteiger partial charge on any atom is 0.127 e. The second-order valence-corrected chi connectivity index (χ2v) is 6.30. The third kappa shape index (κ3) is 4.81. The predicted molar refractivity (Wildman–Crippen MR) is 82.1 cm³/mol. The minimum absolute atomic E-state index is 0.112. The van der Waals surface area contributed by atoms with Gasteiger partial charge in [-0.1, -0.05) is 15.9 Å². The fourth-order valence-electron chi connectivity index (χ4n) is 2.71. The topological polar surface area (TPSA) is 35.5 Å². The summed E-state index contributed by atoms with van der Waals surface area (Å²) in [6.45, 7) is 4.30. The maximum atomic E-state index is 13.8. The first-order valence-electron chi connectivity index (χ1n) is 7.17. The van der Waals surface area contributed by atoms with Crippen molar-refractivity contribution in [2.45, 2.75) is 19.4 Å². The molecule has 0 spiro atoms. The number of halogens is 2. The molecule has 1 aromatic carbocycles. The highest BCUT2D eigenvalue weighted by Gasteiger charge is 2.18. The van der Waals surface area contributed by atoms with Gasteiger partial charge in [-0.05, 0) is 50.0 Å². The Labute approximate surface area is 128 Å². The summed E-state index contributed by atoms with van der Waals surface area (Å²) in [6.07, 6.45) is 2.31. The Bertz CT molecular complexity index is 424. The molecule has 0 saturated carbocycles. The van der Waals surface area contributed by atoms with E-state index in [9.17, 15) is 9.50 Å². The summed E-state index contributed by atoms with van der Waals surface area (Å²) in [5, 5.41) is 12.6. The first-order chi connectivity index (χ1) is 9.69. The maximum absolute atomic E-state index is 13.8. The number of rotatable bonds is 6. The molecule has 0 atom stereocenters. The average Bonchev–Trinajstić information content (AvgIpc) is 2.44. The van der Waals surface area contributed by atoms with Gasteiger partial charge in [-0.3, -0.25) is 4.90 Å². The summed E-state index contributed by atoms with van der Waals surface area (Å²) in [6, 6.07) is 5.02. The lowest BCUT2D eigenvalue weighted by Gasteiger charge is -2.29. The Balaban J connectivity index is 1.98. The Hall–Kier alpha value is -0.490. The van der Waals surface area contributed by atoms with Crippen LogP contribution in [0.25, 0.3) is 0 Å². The van der Waals surface area contributed by atoms with Gasteiger partial charge in [0.1, 0.15) is 5.82 Å². The van der Waals surface area contributed by atoms with Gasteiger partial charge in [0.15, 0.2) is 0 Å². The van der Waals surface area contributed by atoms with Crippen LogP contribution in [0.1, 0.15) is 18.4 Å². The number of hydrogen-bond acceptors (Lipinski definition) is 3. The van der Waals surface area contributed by atoms with Gasteiger partial charge in [0.05, 0.1) is 6.61 Å². The van der Waals surface area contributed by atoms with Gasteiger partial charge >= 0.3 is 0 Å². The molecule has 0 bridgehead atoms. The molecular weight excluding hydrogens is 323 g/mol. The average molecular weight is 345 g/mol. The van der Waals surface area contributed by atoms with Gasteiger partial charge in [0.25, 0.3) is 0 Å². The number of nitrogens with zero attached hydrogens (tertiary/aromatic N) is 1. The zero-order valence-corrected chi connectivity index (χ0v) is 13.2. The summed E-state index contributed by atoms with van der Waals surface area (Å²) < 4.78 is 14.7. The predicted octanol–water partition coefficient (Wildman–Crippen LogP) is 2.38. The number of hydrogen-bond donors (Lipinski definition) is 2. The highest BCUT2D eigenvalue weighted by Crippen LogP contribution is 2.19. The number of nitrogens with one attached hydrogen (secondary N) is 1. The van der Waals surface area contributed by atoms with Gasteiger partial charge in [-0.25, -0.2) is 4.39 Å². The summed E-state index contributed by atoms with van der Waals surface area (Å²) in [5.41, 5.74) is 0.682. The molecule has 0 aliphatic carbocycles. The summed E-state index contributed by atoms with van der Waals surface area (Å²) in [4.78, 5) is 2.15. The second kappa shape index (κ2) is 8.08. The number of aliphatic hydroxyl groups excluding tert-OH is 1. The Morgan fingerprint density at radius 1 is 1.35 bits per heavy atom. The molecular formula is C15H22BrFN2O.